The van der Waals surface area contributed by atoms with Crippen molar-refractivity contribution in [1.82, 2.24) is 11.1 Å². The van der Waals surface area contributed by atoms with Crippen molar-refractivity contribution in [3.63, 3.8) is 0 Å². The van der Waals surface area contributed by atoms with E-state index in [4.69, 9.17) is 5.73 Å². The minimum absolute atomic E-state index is 0.382. The molecule has 0 rings (SSSR count). The lowest BCUT2D eigenvalue weighted by molar-refractivity contribution is -0.118. The molecular formula is C6H13N2O. The summed E-state index contributed by atoms with van der Waals surface area (Å²) in [4.78, 5) is 10.0. The summed E-state index contributed by atoms with van der Waals surface area (Å²) in [7, 11) is 0. The van der Waals surface area contributed by atoms with Crippen molar-refractivity contribution in [3.05, 3.63) is 0 Å². The Balaban J connectivity index is 2.83. The van der Waals surface area contributed by atoms with Gasteiger partial charge in [-0.05, 0) is 19.5 Å². The van der Waals surface area contributed by atoms with Gasteiger partial charge in [-0.3, -0.25) is 10.5 Å². The molecule has 2 N–H and O–H groups in total. The first-order chi connectivity index (χ1) is 4.27. The lowest BCUT2D eigenvalue weighted by atomic mass is 10.3. The molecule has 0 aliphatic heterocycles. The SMILES string of the molecule is CCNCCCC([NH])=O. The van der Waals surface area contributed by atoms with Crippen LogP contribution in [0.25, 0.3) is 0 Å². The van der Waals surface area contributed by atoms with E-state index < -0.39 is 5.91 Å². The smallest absolute Gasteiger partial charge is 0.238 e. The molecule has 0 bridgehead atoms. The van der Waals surface area contributed by atoms with Gasteiger partial charge in [0, 0.05) is 6.42 Å². The first-order valence-corrected chi connectivity index (χ1v) is 3.22. The van der Waals surface area contributed by atoms with Crippen molar-refractivity contribution >= 4 is 5.91 Å². The molecule has 0 heterocycles. The molecule has 0 aliphatic carbocycles. The first kappa shape index (κ1) is 8.43. The van der Waals surface area contributed by atoms with Crippen molar-refractivity contribution < 1.29 is 4.79 Å². The molecule has 3 heteroatoms. The van der Waals surface area contributed by atoms with Crippen LogP contribution in [0.1, 0.15) is 19.8 Å². The fraction of sp³-hybridized carbons (Fsp3) is 0.833. The van der Waals surface area contributed by atoms with E-state index in [1.807, 2.05) is 6.92 Å². The molecule has 53 valence electrons. The summed E-state index contributed by atoms with van der Waals surface area (Å²) >= 11 is 0. The van der Waals surface area contributed by atoms with Crippen LogP contribution in [0.5, 0.6) is 0 Å². The van der Waals surface area contributed by atoms with E-state index in [2.05, 4.69) is 5.32 Å². The predicted molar refractivity (Wildman–Crippen MR) is 35.9 cm³/mol. The number of carbonyl (C=O) groups is 1. The number of hydrogen-bond donors (Lipinski definition) is 1. The Morgan fingerprint density at radius 3 is 2.78 bits per heavy atom. The average Bonchev–Trinajstić information content (AvgIpc) is 1.80. The molecule has 0 aromatic carbocycles. The van der Waals surface area contributed by atoms with Crippen LogP contribution in [0.15, 0.2) is 0 Å². The Labute approximate surface area is 55.6 Å². The second-order valence-electron chi connectivity index (χ2n) is 1.88. The van der Waals surface area contributed by atoms with E-state index in [1.165, 1.54) is 0 Å². The molecule has 0 aromatic rings. The Bertz CT molecular complexity index is 83.1. The maximum absolute atomic E-state index is 10.0. The van der Waals surface area contributed by atoms with Gasteiger partial charge in [0.1, 0.15) is 0 Å². The summed E-state index contributed by atoms with van der Waals surface area (Å²) in [5, 5.41) is 3.07. The molecule has 0 atom stereocenters. The van der Waals surface area contributed by atoms with Gasteiger partial charge in [0.2, 0.25) is 5.91 Å². The quantitative estimate of drug-likeness (QED) is 0.538. The van der Waals surface area contributed by atoms with Crippen LogP contribution in [0.2, 0.25) is 0 Å². The number of rotatable bonds is 5. The monoisotopic (exact) mass is 129 g/mol. The topological polar surface area (TPSA) is 52.9 Å². The van der Waals surface area contributed by atoms with Crippen molar-refractivity contribution in [2.45, 2.75) is 19.8 Å². The minimum atomic E-state index is -0.465. The predicted octanol–water partition coefficient (Wildman–Crippen LogP) is 0.186. The van der Waals surface area contributed by atoms with Gasteiger partial charge in [-0.2, -0.15) is 0 Å². The van der Waals surface area contributed by atoms with Crippen molar-refractivity contribution in [2.75, 3.05) is 13.1 Å². The Kier molecular flexibility index (Phi) is 5.21. The second-order valence-corrected chi connectivity index (χ2v) is 1.88. The number of carbonyl (C=O) groups excluding carboxylic acids is 1. The minimum Gasteiger partial charge on any atom is -0.317 e. The summed E-state index contributed by atoms with van der Waals surface area (Å²) in [6.45, 7) is 3.80. The van der Waals surface area contributed by atoms with Crippen LogP contribution >= 0.6 is 0 Å². The molecule has 0 fully saturated rings. The second kappa shape index (κ2) is 5.56. The Morgan fingerprint density at radius 2 is 2.33 bits per heavy atom. The third kappa shape index (κ3) is 7.43. The van der Waals surface area contributed by atoms with Gasteiger partial charge in [-0.15, -0.1) is 0 Å². The highest BCUT2D eigenvalue weighted by Crippen LogP contribution is 1.83. The van der Waals surface area contributed by atoms with E-state index in [1.54, 1.807) is 0 Å². The van der Waals surface area contributed by atoms with Crippen LogP contribution in [-0.4, -0.2) is 19.0 Å². The van der Waals surface area contributed by atoms with Crippen LogP contribution in [-0.2, 0) is 4.79 Å². The summed E-state index contributed by atoms with van der Waals surface area (Å²) in [5.41, 5.74) is 6.55. The summed E-state index contributed by atoms with van der Waals surface area (Å²) < 4.78 is 0. The zero-order valence-electron chi connectivity index (χ0n) is 5.74. The van der Waals surface area contributed by atoms with Crippen molar-refractivity contribution in [2.24, 2.45) is 0 Å². The molecule has 1 amide bonds. The molecule has 0 saturated carbocycles. The lowest BCUT2D eigenvalue weighted by Crippen LogP contribution is -2.15. The molecule has 0 saturated heterocycles. The molecule has 1 radical (unpaired) electrons. The third-order valence-corrected chi connectivity index (χ3v) is 1.01. The molecular weight excluding hydrogens is 116 g/mol. The zero-order chi connectivity index (χ0) is 7.11. The highest BCUT2D eigenvalue weighted by Gasteiger charge is 1.92. The number of amides is 1. The first-order valence-electron chi connectivity index (χ1n) is 3.22. The third-order valence-electron chi connectivity index (χ3n) is 1.01. The van der Waals surface area contributed by atoms with Crippen LogP contribution in [0.4, 0.5) is 0 Å². The molecule has 0 aliphatic rings. The Morgan fingerprint density at radius 1 is 1.67 bits per heavy atom. The molecule has 3 nitrogen and oxygen atoms in total. The van der Waals surface area contributed by atoms with Gasteiger partial charge in [0.05, 0.1) is 0 Å². The van der Waals surface area contributed by atoms with E-state index in [9.17, 15) is 4.79 Å². The maximum atomic E-state index is 10.0. The van der Waals surface area contributed by atoms with E-state index in [-0.39, 0.29) is 0 Å². The Hall–Kier alpha value is -0.570. The number of hydrogen-bond acceptors (Lipinski definition) is 2. The summed E-state index contributed by atoms with van der Waals surface area (Å²) in [6, 6.07) is 0. The molecule has 0 spiro atoms. The highest BCUT2D eigenvalue weighted by molar-refractivity contribution is 5.72. The van der Waals surface area contributed by atoms with E-state index >= 15 is 0 Å². The van der Waals surface area contributed by atoms with Gasteiger partial charge in [0.25, 0.3) is 0 Å². The molecule has 0 aromatic heterocycles. The van der Waals surface area contributed by atoms with Crippen LogP contribution in [0.3, 0.4) is 0 Å². The van der Waals surface area contributed by atoms with Gasteiger partial charge >= 0.3 is 0 Å². The fourth-order valence-electron chi connectivity index (χ4n) is 0.551. The summed E-state index contributed by atoms with van der Waals surface area (Å²) in [6.07, 6.45) is 1.17. The van der Waals surface area contributed by atoms with Crippen LogP contribution < -0.4 is 11.1 Å². The number of nitrogens with one attached hydrogen (secondary N) is 2. The van der Waals surface area contributed by atoms with Crippen LogP contribution in [0, 0.1) is 0 Å². The molecule has 0 unspecified atom stereocenters. The fourth-order valence-corrected chi connectivity index (χ4v) is 0.551. The van der Waals surface area contributed by atoms with E-state index in [0.717, 1.165) is 19.5 Å². The van der Waals surface area contributed by atoms with Crippen molar-refractivity contribution in [3.8, 4) is 0 Å². The standard InChI is InChI=1S/C6H13N2O/c1-2-8-5-3-4-6(7)9/h7-8H,2-5H2,1H3. The zero-order valence-corrected chi connectivity index (χ0v) is 5.74. The average molecular weight is 129 g/mol. The normalized spacial score (nSPS) is 9.44. The lowest BCUT2D eigenvalue weighted by Gasteiger charge is -1.96. The van der Waals surface area contributed by atoms with Gasteiger partial charge in [0.15, 0.2) is 0 Å². The molecule has 9 heavy (non-hydrogen) atoms. The largest absolute Gasteiger partial charge is 0.317 e. The van der Waals surface area contributed by atoms with Crippen molar-refractivity contribution in [1.29, 1.82) is 0 Å². The van der Waals surface area contributed by atoms with E-state index in [0.29, 0.717) is 6.42 Å². The highest BCUT2D eigenvalue weighted by atomic mass is 16.1. The van der Waals surface area contributed by atoms with Gasteiger partial charge in [-0.25, -0.2) is 0 Å². The summed E-state index contributed by atoms with van der Waals surface area (Å²) in [5.74, 6) is -0.465. The maximum Gasteiger partial charge on any atom is 0.238 e. The van der Waals surface area contributed by atoms with Gasteiger partial charge in [-0.1, -0.05) is 6.92 Å². The van der Waals surface area contributed by atoms with Gasteiger partial charge < -0.3 is 5.32 Å².